The van der Waals surface area contributed by atoms with E-state index in [9.17, 15) is 9.59 Å². The van der Waals surface area contributed by atoms with Crippen LogP contribution in [-0.2, 0) is 4.79 Å². The molecule has 10 heteroatoms. The number of amides is 2. The minimum Gasteiger partial charge on any atom is -0.490 e. The van der Waals surface area contributed by atoms with E-state index in [2.05, 4.69) is 5.10 Å². The predicted octanol–water partition coefficient (Wildman–Crippen LogP) is 4.38. The van der Waals surface area contributed by atoms with Gasteiger partial charge in [-0.25, -0.2) is 4.98 Å². The molecule has 0 unspecified atom stereocenters. The first-order valence-electron chi connectivity index (χ1n) is 13.6. The van der Waals surface area contributed by atoms with E-state index in [1.807, 2.05) is 37.0 Å². The second kappa shape index (κ2) is 11.3. The summed E-state index contributed by atoms with van der Waals surface area (Å²) in [6, 6.07) is 5.84. The predicted molar refractivity (Wildman–Crippen MR) is 145 cm³/mol. The van der Waals surface area contributed by atoms with Crippen molar-refractivity contribution in [1.29, 1.82) is 5.26 Å². The topological polar surface area (TPSA) is 136 Å². The average molecular weight is 531 g/mol. The Labute approximate surface area is 227 Å². The van der Waals surface area contributed by atoms with Crippen molar-refractivity contribution in [2.24, 2.45) is 5.73 Å². The largest absolute Gasteiger partial charge is 0.490 e. The number of aromatic nitrogens is 3. The third-order valence-electron chi connectivity index (χ3n) is 7.43. The SMILES string of the molecule is CC(C)Oc1cc2c(O[C@@H]3CCCN(C(=O)CC#N)C3)ncc(-c3cnn(C4CCCC4)c3)c2cc1C(N)=O. The molecule has 39 heavy (non-hydrogen) atoms. The average Bonchev–Trinajstić information content (AvgIpc) is 3.61. The number of rotatable bonds is 8. The highest BCUT2D eigenvalue weighted by Crippen LogP contribution is 2.39. The maximum absolute atomic E-state index is 12.4. The molecule has 2 amide bonds. The molecule has 1 saturated carbocycles. The summed E-state index contributed by atoms with van der Waals surface area (Å²) in [5, 5.41) is 15.0. The lowest BCUT2D eigenvalue weighted by Crippen LogP contribution is -2.44. The molecule has 5 rings (SSSR count). The Kier molecular flexibility index (Phi) is 7.68. The van der Waals surface area contributed by atoms with Crippen LogP contribution in [0.15, 0.2) is 30.7 Å². The van der Waals surface area contributed by atoms with Crippen molar-refractivity contribution >= 4 is 22.6 Å². The van der Waals surface area contributed by atoms with Crippen LogP contribution in [0.25, 0.3) is 21.9 Å². The summed E-state index contributed by atoms with van der Waals surface area (Å²) in [5.74, 6) is -0.0265. The Balaban J connectivity index is 1.56. The maximum atomic E-state index is 12.4. The monoisotopic (exact) mass is 530 g/mol. The van der Waals surface area contributed by atoms with Crippen molar-refractivity contribution in [3.63, 3.8) is 0 Å². The Hall–Kier alpha value is -4.13. The Morgan fingerprint density at radius 1 is 1.15 bits per heavy atom. The number of nitrogens with two attached hydrogens (primary N) is 1. The maximum Gasteiger partial charge on any atom is 0.252 e. The zero-order valence-electron chi connectivity index (χ0n) is 22.4. The molecule has 1 aliphatic carbocycles. The molecule has 0 bridgehead atoms. The number of fused-ring (bicyclic) bond motifs is 1. The first kappa shape index (κ1) is 26.5. The third-order valence-corrected chi connectivity index (χ3v) is 7.43. The molecular formula is C29H34N6O4. The van der Waals surface area contributed by atoms with E-state index in [1.54, 1.807) is 23.2 Å². The summed E-state index contributed by atoms with van der Waals surface area (Å²) in [6.07, 6.45) is 11.2. The number of nitriles is 1. The fourth-order valence-corrected chi connectivity index (χ4v) is 5.55. The standard InChI is InChI=1S/C29H34N6O4/c1-18(2)38-26-13-23-22(12-24(26)28(31)37)25(19-14-33-35(16-19)20-6-3-4-7-20)15-32-29(23)39-21-8-5-11-34(17-21)27(36)9-10-30/h12-16,18,20-21H,3-9,11,17H2,1-2H3,(H2,31,37)/t21-/m1/s1. The third kappa shape index (κ3) is 5.67. The number of benzene rings is 1. The van der Waals surface area contributed by atoms with Gasteiger partial charge >= 0.3 is 0 Å². The molecule has 0 spiro atoms. The van der Waals surface area contributed by atoms with Crippen LogP contribution in [0, 0.1) is 11.3 Å². The van der Waals surface area contributed by atoms with Crippen molar-refractivity contribution in [3.05, 3.63) is 36.3 Å². The first-order chi connectivity index (χ1) is 18.8. The number of primary amides is 1. The van der Waals surface area contributed by atoms with Gasteiger partial charge in [0.25, 0.3) is 5.91 Å². The number of hydrogen-bond donors (Lipinski definition) is 1. The zero-order chi connectivity index (χ0) is 27.5. The first-order valence-corrected chi connectivity index (χ1v) is 13.6. The summed E-state index contributed by atoms with van der Waals surface area (Å²) >= 11 is 0. The quantitative estimate of drug-likeness (QED) is 0.456. The number of hydrogen-bond acceptors (Lipinski definition) is 7. The number of piperidine rings is 1. The molecule has 0 radical (unpaired) electrons. The van der Waals surface area contributed by atoms with Gasteiger partial charge in [-0.3, -0.25) is 14.3 Å². The number of likely N-dealkylation sites (tertiary alicyclic amines) is 1. The highest BCUT2D eigenvalue weighted by molar-refractivity contribution is 6.06. The van der Waals surface area contributed by atoms with Gasteiger partial charge in [-0.05, 0) is 57.0 Å². The molecule has 204 valence electrons. The van der Waals surface area contributed by atoms with Crippen molar-refractivity contribution < 1.29 is 19.1 Å². The van der Waals surface area contributed by atoms with Crippen LogP contribution in [0.2, 0.25) is 0 Å². The molecule has 2 fully saturated rings. The molecule has 2 N–H and O–H groups in total. The molecule has 3 heterocycles. The van der Waals surface area contributed by atoms with Crippen LogP contribution in [-0.4, -0.2) is 56.8 Å². The van der Waals surface area contributed by atoms with Crippen LogP contribution < -0.4 is 15.2 Å². The van der Waals surface area contributed by atoms with Crippen LogP contribution in [0.1, 0.15) is 75.2 Å². The van der Waals surface area contributed by atoms with Gasteiger partial charge in [0.2, 0.25) is 11.8 Å². The molecule has 1 aliphatic heterocycles. The minimum absolute atomic E-state index is 0.150. The van der Waals surface area contributed by atoms with Crippen LogP contribution in [0.4, 0.5) is 0 Å². The van der Waals surface area contributed by atoms with Gasteiger partial charge in [-0.15, -0.1) is 0 Å². The van der Waals surface area contributed by atoms with Crippen LogP contribution in [0.3, 0.4) is 0 Å². The Morgan fingerprint density at radius 3 is 2.67 bits per heavy atom. The number of ether oxygens (including phenoxy) is 2. The van der Waals surface area contributed by atoms with Crippen LogP contribution >= 0.6 is 0 Å². The fraction of sp³-hybridized carbons (Fsp3) is 0.483. The lowest BCUT2D eigenvalue weighted by Gasteiger charge is -2.32. The smallest absolute Gasteiger partial charge is 0.252 e. The summed E-state index contributed by atoms with van der Waals surface area (Å²) in [7, 11) is 0. The lowest BCUT2D eigenvalue weighted by molar-refractivity contribution is -0.132. The Bertz CT molecular complexity index is 1420. The van der Waals surface area contributed by atoms with E-state index < -0.39 is 5.91 Å². The molecule has 3 aromatic rings. The number of carbonyl (C=O) groups excluding carboxylic acids is 2. The second-order valence-electron chi connectivity index (χ2n) is 10.6. The van der Waals surface area contributed by atoms with Gasteiger partial charge in [-0.1, -0.05) is 12.8 Å². The van der Waals surface area contributed by atoms with Gasteiger partial charge in [-0.2, -0.15) is 10.4 Å². The van der Waals surface area contributed by atoms with Gasteiger partial charge < -0.3 is 20.1 Å². The number of nitrogens with zero attached hydrogens (tertiary/aromatic N) is 5. The molecule has 2 aromatic heterocycles. The van der Waals surface area contributed by atoms with Gasteiger partial charge in [0.1, 0.15) is 18.3 Å². The van der Waals surface area contributed by atoms with Crippen molar-refractivity contribution in [2.75, 3.05) is 13.1 Å². The van der Waals surface area contributed by atoms with Crippen molar-refractivity contribution in [2.45, 2.75) is 77.0 Å². The van der Waals surface area contributed by atoms with E-state index in [-0.39, 0.29) is 30.1 Å². The summed E-state index contributed by atoms with van der Waals surface area (Å²) in [6.45, 7) is 4.75. The zero-order valence-corrected chi connectivity index (χ0v) is 22.4. The highest BCUT2D eigenvalue weighted by Gasteiger charge is 2.27. The number of carbonyl (C=O) groups is 2. The summed E-state index contributed by atoms with van der Waals surface area (Å²) in [5.41, 5.74) is 7.76. The van der Waals surface area contributed by atoms with Gasteiger partial charge in [0.15, 0.2) is 0 Å². The molecule has 10 nitrogen and oxygen atoms in total. The van der Waals surface area contributed by atoms with Crippen molar-refractivity contribution in [3.8, 4) is 28.8 Å². The van der Waals surface area contributed by atoms with E-state index in [1.165, 1.54) is 12.8 Å². The minimum atomic E-state index is -0.585. The molecular weight excluding hydrogens is 496 g/mol. The summed E-state index contributed by atoms with van der Waals surface area (Å²) < 4.78 is 14.4. The second-order valence-corrected chi connectivity index (χ2v) is 10.6. The van der Waals surface area contributed by atoms with E-state index in [0.717, 1.165) is 42.2 Å². The normalized spacial score (nSPS) is 17.9. The van der Waals surface area contributed by atoms with E-state index >= 15 is 0 Å². The Morgan fingerprint density at radius 2 is 1.95 bits per heavy atom. The van der Waals surface area contributed by atoms with Crippen LogP contribution in [0.5, 0.6) is 11.6 Å². The lowest BCUT2D eigenvalue weighted by atomic mass is 9.99. The van der Waals surface area contributed by atoms with E-state index in [0.29, 0.717) is 36.1 Å². The molecule has 2 aliphatic rings. The highest BCUT2D eigenvalue weighted by atomic mass is 16.5. The molecule has 1 saturated heterocycles. The van der Waals surface area contributed by atoms with E-state index in [4.69, 9.17) is 25.5 Å². The van der Waals surface area contributed by atoms with Gasteiger partial charge in [0, 0.05) is 35.5 Å². The molecule has 1 atom stereocenters. The molecule has 1 aromatic carbocycles. The van der Waals surface area contributed by atoms with Gasteiger partial charge in [0.05, 0.1) is 36.5 Å². The van der Waals surface area contributed by atoms with Crippen molar-refractivity contribution in [1.82, 2.24) is 19.7 Å². The fourth-order valence-electron chi connectivity index (χ4n) is 5.55. The number of pyridine rings is 1. The summed E-state index contributed by atoms with van der Waals surface area (Å²) in [4.78, 5) is 31.1.